The van der Waals surface area contributed by atoms with E-state index < -0.39 is 24.1 Å². The molecule has 0 aromatic rings. The third-order valence-electron chi connectivity index (χ3n) is 2.12. The third-order valence-corrected chi connectivity index (χ3v) is 2.97. The monoisotopic (exact) mass is 322 g/mol. The van der Waals surface area contributed by atoms with Crippen molar-refractivity contribution >= 4 is 46.5 Å². The fourth-order valence-electron chi connectivity index (χ4n) is 1.04. The predicted octanol–water partition coefficient (Wildman–Crippen LogP) is 1.05. The minimum absolute atomic E-state index is 0.0843. The number of thiocarbonyl (C=S) groups is 2. The van der Waals surface area contributed by atoms with Crippen molar-refractivity contribution < 1.29 is 29.3 Å². The van der Waals surface area contributed by atoms with Gasteiger partial charge in [0.05, 0.1) is 0 Å². The van der Waals surface area contributed by atoms with Gasteiger partial charge in [-0.2, -0.15) is 0 Å². The summed E-state index contributed by atoms with van der Waals surface area (Å²) in [6, 6.07) is 0. The third kappa shape index (κ3) is 9.03. The van der Waals surface area contributed by atoms with Crippen LogP contribution in [0.25, 0.3) is 0 Å². The maximum atomic E-state index is 11.3. The highest BCUT2D eigenvalue weighted by Gasteiger charge is 2.13. The summed E-state index contributed by atoms with van der Waals surface area (Å²) in [5.74, 6) is -1.10. The van der Waals surface area contributed by atoms with Crippen molar-refractivity contribution in [3.63, 3.8) is 0 Å². The van der Waals surface area contributed by atoms with E-state index in [1.807, 2.05) is 0 Å². The van der Waals surface area contributed by atoms with Crippen LogP contribution >= 0.6 is 24.4 Å². The van der Waals surface area contributed by atoms with Gasteiger partial charge in [0, 0.05) is 12.8 Å². The Morgan fingerprint density at radius 3 is 1.45 bits per heavy atom. The maximum Gasteiger partial charge on any atom is 0.311 e. The minimum atomic E-state index is -0.981. The standard InChI is InChI=1S/C12H18O6S2/c1-7(13)11(19)17-9(15)5-3-4-6-10(16)18-12(20)8(2)14/h7-8,13-14H,3-6H2,1-2H3. The lowest BCUT2D eigenvalue weighted by Gasteiger charge is -2.08. The van der Waals surface area contributed by atoms with Gasteiger partial charge in [0.15, 0.2) is 10.1 Å². The second kappa shape index (κ2) is 9.87. The second-order valence-electron chi connectivity index (χ2n) is 4.15. The summed E-state index contributed by atoms with van der Waals surface area (Å²) in [6.45, 7) is 2.80. The Hall–Kier alpha value is -0.960. The summed E-state index contributed by atoms with van der Waals surface area (Å²) in [5, 5.41) is 17.7. The van der Waals surface area contributed by atoms with Crippen molar-refractivity contribution in [1.29, 1.82) is 0 Å². The zero-order chi connectivity index (χ0) is 15.7. The van der Waals surface area contributed by atoms with Crippen LogP contribution in [0, 0.1) is 0 Å². The lowest BCUT2D eigenvalue weighted by molar-refractivity contribution is -0.138. The molecule has 0 aromatic heterocycles. The Labute approximate surface area is 128 Å². The summed E-state index contributed by atoms with van der Waals surface area (Å²) in [4.78, 5) is 22.6. The zero-order valence-corrected chi connectivity index (χ0v) is 13.0. The largest absolute Gasteiger partial charge is 0.416 e. The highest BCUT2D eigenvalue weighted by Crippen LogP contribution is 2.05. The molecule has 0 heterocycles. The van der Waals surface area contributed by atoms with Crippen LogP contribution in [-0.2, 0) is 19.1 Å². The molecule has 0 aliphatic carbocycles. The van der Waals surface area contributed by atoms with E-state index in [1.165, 1.54) is 13.8 Å². The Bertz CT molecular complexity index is 342. The van der Waals surface area contributed by atoms with Crippen LogP contribution in [0.2, 0.25) is 0 Å². The molecule has 0 amide bonds. The first-order valence-corrected chi connectivity index (χ1v) is 6.91. The number of carbonyl (C=O) groups is 2. The first-order chi connectivity index (χ1) is 9.23. The van der Waals surface area contributed by atoms with Crippen LogP contribution in [0.4, 0.5) is 0 Å². The van der Waals surface area contributed by atoms with Crippen molar-refractivity contribution in [3.05, 3.63) is 0 Å². The quantitative estimate of drug-likeness (QED) is 0.408. The van der Waals surface area contributed by atoms with Crippen LogP contribution < -0.4 is 0 Å². The molecule has 0 radical (unpaired) electrons. The smallest absolute Gasteiger partial charge is 0.311 e. The number of ether oxygens (including phenoxy) is 2. The SMILES string of the molecule is CC(O)C(=S)OC(=O)CCCCC(=O)OC(=S)C(C)O. The summed E-state index contributed by atoms with van der Waals surface area (Å²) in [7, 11) is 0. The first kappa shape index (κ1) is 19.0. The van der Waals surface area contributed by atoms with Crippen LogP contribution in [0.5, 0.6) is 0 Å². The molecule has 114 valence electrons. The van der Waals surface area contributed by atoms with E-state index in [0.717, 1.165) is 0 Å². The highest BCUT2D eigenvalue weighted by molar-refractivity contribution is 7.80. The summed E-state index contributed by atoms with van der Waals surface area (Å²) < 4.78 is 9.37. The summed E-state index contributed by atoms with van der Waals surface area (Å²) in [5.41, 5.74) is 0. The Morgan fingerprint density at radius 2 is 1.20 bits per heavy atom. The topological polar surface area (TPSA) is 93.1 Å². The lowest BCUT2D eigenvalue weighted by atomic mass is 10.2. The van der Waals surface area contributed by atoms with E-state index in [4.69, 9.17) is 10.2 Å². The molecule has 0 saturated carbocycles. The normalized spacial score (nSPS) is 13.2. The van der Waals surface area contributed by atoms with Crippen molar-refractivity contribution in [2.45, 2.75) is 51.7 Å². The van der Waals surface area contributed by atoms with Crippen LogP contribution in [-0.4, -0.2) is 44.5 Å². The van der Waals surface area contributed by atoms with Crippen LogP contribution in [0.3, 0.4) is 0 Å². The van der Waals surface area contributed by atoms with Gasteiger partial charge in [-0.3, -0.25) is 9.59 Å². The molecule has 0 spiro atoms. The van der Waals surface area contributed by atoms with Crippen molar-refractivity contribution in [3.8, 4) is 0 Å². The highest BCUT2D eigenvalue weighted by atomic mass is 32.1. The van der Waals surface area contributed by atoms with Crippen molar-refractivity contribution in [2.75, 3.05) is 0 Å². The van der Waals surface area contributed by atoms with E-state index in [9.17, 15) is 9.59 Å². The number of carbonyl (C=O) groups excluding carboxylic acids is 2. The Balaban J connectivity index is 3.76. The Morgan fingerprint density at radius 1 is 0.900 bits per heavy atom. The fraction of sp³-hybridized carbons (Fsp3) is 0.667. The molecule has 0 saturated heterocycles. The van der Waals surface area contributed by atoms with Crippen molar-refractivity contribution in [2.24, 2.45) is 0 Å². The minimum Gasteiger partial charge on any atom is -0.416 e. The van der Waals surface area contributed by atoms with Gasteiger partial charge in [-0.05, 0) is 51.1 Å². The number of hydrogen-bond acceptors (Lipinski definition) is 8. The molecule has 0 rings (SSSR count). The molecular formula is C12H18O6S2. The molecule has 2 unspecified atom stereocenters. The van der Waals surface area contributed by atoms with Crippen LogP contribution in [0.15, 0.2) is 0 Å². The van der Waals surface area contributed by atoms with Crippen molar-refractivity contribution in [1.82, 2.24) is 0 Å². The molecule has 0 fully saturated rings. The Kier molecular flexibility index (Phi) is 9.39. The van der Waals surface area contributed by atoms with E-state index in [2.05, 4.69) is 33.9 Å². The number of esters is 2. The van der Waals surface area contributed by atoms with E-state index in [1.54, 1.807) is 0 Å². The summed E-state index contributed by atoms with van der Waals surface area (Å²) >= 11 is 9.28. The van der Waals surface area contributed by atoms with E-state index in [0.29, 0.717) is 12.8 Å². The van der Waals surface area contributed by atoms with E-state index in [-0.39, 0.29) is 22.9 Å². The number of hydrogen-bond donors (Lipinski definition) is 2. The first-order valence-electron chi connectivity index (χ1n) is 6.09. The van der Waals surface area contributed by atoms with Gasteiger partial charge in [-0.25, -0.2) is 0 Å². The van der Waals surface area contributed by atoms with Gasteiger partial charge in [-0.15, -0.1) is 0 Å². The maximum absolute atomic E-state index is 11.3. The average molecular weight is 322 g/mol. The predicted molar refractivity (Wildman–Crippen MR) is 79.2 cm³/mol. The number of unbranched alkanes of at least 4 members (excludes halogenated alkanes) is 1. The number of rotatable bonds is 7. The average Bonchev–Trinajstić information content (AvgIpc) is 2.34. The van der Waals surface area contributed by atoms with Crippen LogP contribution in [0.1, 0.15) is 39.5 Å². The fourth-order valence-corrected chi connectivity index (χ4v) is 1.22. The molecule has 0 aliphatic rings. The van der Waals surface area contributed by atoms with Gasteiger partial charge in [0.25, 0.3) is 0 Å². The molecule has 0 bridgehead atoms. The van der Waals surface area contributed by atoms with Gasteiger partial charge in [-0.1, -0.05) is 0 Å². The molecule has 2 atom stereocenters. The van der Waals surface area contributed by atoms with Gasteiger partial charge < -0.3 is 19.7 Å². The molecule has 6 nitrogen and oxygen atoms in total. The van der Waals surface area contributed by atoms with E-state index >= 15 is 0 Å². The molecule has 20 heavy (non-hydrogen) atoms. The molecule has 8 heteroatoms. The molecule has 0 aromatic carbocycles. The molecular weight excluding hydrogens is 304 g/mol. The number of aliphatic hydroxyl groups excluding tert-OH is 2. The lowest BCUT2D eigenvalue weighted by Crippen LogP contribution is -2.21. The molecule has 2 N–H and O–H groups in total. The van der Waals surface area contributed by atoms with Gasteiger partial charge in [0.1, 0.15) is 12.2 Å². The number of aliphatic hydroxyl groups is 2. The zero-order valence-electron chi connectivity index (χ0n) is 11.3. The van der Waals surface area contributed by atoms with Gasteiger partial charge in [0.2, 0.25) is 0 Å². The van der Waals surface area contributed by atoms with Gasteiger partial charge >= 0.3 is 11.9 Å². The second-order valence-corrected chi connectivity index (χ2v) is 4.95. The molecule has 0 aliphatic heterocycles. The summed E-state index contributed by atoms with van der Waals surface area (Å²) in [6.07, 6.45) is -0.965.